The summed E-state index contributed by atoms with van der Waals surface area (Å²) in [5.41, 5.74) is 7.30. The topological polar surface area (TPSA) is 38.5 Å². The van der Waals surface area contributed by atoms with Gasteiger partial charge >= 0.3 is 0 Å². The van der Waals surface area contributed by atoms with Gasteiger partial charge < -0.3 is 15.4 Å². The number of likely N-dealkylation sites (N-methyl/N-ethyl adjacent to an activating group) is 1. The third-order valence-corrected chi connectivity index (χ3v) is 3.73. The molecule has 0 aliphatic heterocycles. The van der Waals surface area contributed by atoms with Gasteiger partial charge in [0.05, 0.1) is 13.2 Å². The first-order valence-electron chi connectivity index (χ1n) is 6.58. The number of hydrogen-bond acceptors (Lipinski definition) is 3. The summed E-state index contributed by atoms with van der Waals surface area (Å²) in [6.07, 6.45) is 0. The van der Waals surface area contributed by atoms with Crippen LogP contribution in [0.25, 0.3) is 0 Å². The molecule has 2 aromatic carbocycles. The van der Waals surface area contributed by atoms with Crippen LogP contribution in [-0.4, -0.2) is 20.7 Å². The first kappa shape index (κ1) is 15.6. The molecule has 0 fully saturated rings. The summed E-state index contributed by atoms with van der Waals surface area (Å²) in [7, 11) is 3.50. The summed E-state index contributed by atoms with van der Waals surface area (Å²) >= 11 is 5.80. The molecule has 112 valence electrons. The monoisotopic (exact) mass is 308 g/mol. The average molecular weight is 309 g/mol. The van der Waals surface area contributed by atoms with Crippen LogP contribution in [0.5, 0.6) is 5.75 Å². The standard InChI is InChI=1S/C16H18ClFN2O/c1-20(12-4-6-13(21-2)7-5-12)16(10-19)14-8-3-11(17)9-15(14)18/h3-9,16H,10,19H2,1-2H3. The van der Waals surface area contributed by atoms with Gasteiger partial charge in [-0.05, 0) is 36.4 Å². The van der Waals surface area contributed by atoms with Crippen LogP contribution in [0.1, 0.15) is 11.6 Å². The molecule has 21 heavy (non-hydrogen) atoms. The molecule has 0 amide bonds. The van der Waals surface area contributed by atoms with Gasteiger partial charge in [0.15, 0.2) is 0 Å². The zero-order chi connectivity index (χ0) is 15.4. The van der Waals surface area contributed by atoms with Gasteiger partial charge in [-0.2, -0.15) is 0 Å². The van der Waals surface area contributed by atoms with Crippen molar-refractivity contribution in [1.29, 1.82) is 0 Å². The Bertz CT molecular complexity index is 604. The molecular weight excluding hydrogens is 291 g/mol. The van der Waals surface area contributed by atoms with Crippen molar-refractivity contribution >= 4 is 17.3 Å². The van der Waals surface area contributed by atoms with Gasteiger partial charge in [-0.25, -0.2) is 4.39 Å². The highest BCUT2D eigenvalue weighted by atomic mass is 35.5. The number of methoxy groups -OCH3 is 1. The zero-order valence-electron chi connectivity index (χ0n) is 12.0. The van der Waals surface area contributed by atoms with Crippen LogP contribution in [0.15, 0.2) is 42.5 Å². The van der Waals surface area contributed by atoms with Crippen LogP contribution in [0, 0.1) is 5.82 Å². The summed E-state index contributed by atoms with van der Waals surface area (Å²) in [6, 6.07) is 11.9. The number of nitrogens with two attached hydrogens (primary N) is 1. The number of rotatable bonds is 5. The Morgan fingerprint density at radius 1 is 1.24 bits per heavy atom. The molecule has 2 aromatic rings. The fourth-order valence-electron chi connectivity index (χ4n) is 2.26. The lowest BCUT2D eigenvalue weighted by molar-refractivity contribution is 0.415. The number of benzene rings is 2. The SMILES string of the molecule is COc1ccc(N(C)C(CN)c2ccc(Cl)cc2F)cc1. The van der Waals surface area contributed by atoms with E-state index in [-0.39, 0.29) is 11.9 Å². The van der Waals surface area contributed by atoms with Gasteiger partial charge in [-0.3, -0.25) is 0 Å². The molecule has 0 saturated heterocycles. The Morgan fingerprint density at radius 2 is 1.90 bits per heavy atom. The molecular formula is C16H18ClFN2O. The van der Waals surface area contributed by atoms with Gasteiger partial charge in [-0.1, -0.05) is 17.7 Å². The second-order valence-corrected chi connectivity index (χ2v) is 5.16. The van der Waals surface area contributed by atoms with Crippen molar-refractivity contribution < 1.29 is 9.13 Å². The molecule has 1 unspecified atom stereocenters. The third kappa shape index (κ3) is 3.46. The van der Waals surface area contributed by atoms with Gasteiger partial charge in [0.2, 0.25) is 0 Å². The molecule has 5 heteroatoms. The van der Waals surface area contributed by atoms with Gasteiger partial charge in [-0.15, -0.1) is 0 Å². The van der Waals surface area contributed by atoms with Crippen molar-refractivity contribution in [2.24, 2.45) is 5.73 Å². The molecule has 2 N–H and O–H groups in total. The lowest BCUT2D eigenvalue weighted by Gasteiger charge is -2.30. The highest BCUT2D eigenvalue weighted by molar-refractivity contribution is 6.30. The Kier molecular flexibility index (Phi) is 5.04. The van der Waals surface area contributed by atoms with E-state index in [1.807, 2.05) is 36.2 Å². The number of nitrogens with zero attached hydrogens (tertiary/aromatic N) is 1. The molecule has 0 radical (unpaired) electrons. The van der Waals surface area contributed by atoms with Crippen LogP contribution in [0.2, 0.25) is 5.02 Å². The lowest BCUT2D eigenvalue weighted by Crippen LogP contribution is -2.31. The van der Waals surface area contributed by atoms with E-state index >= 15 is 0 Å². The van der Waals surface area contributed by atoms with Gasteiger partial charge in [0.25, 0.3) is 0 Å². The zero-order valence-corrected chi connectivity index (χ0v) is 12.8. The van der Waals surface area contributed by atoms with Crippen LogP contribution < -0.4 is 15.4 Å². The van der Waals surface area contributed by atoms with Crippen molar-refractivity contribution in [2.75, 3.05) is 25.6 Å². The normalized spacial score (nSPS) is 12.0. The summed E-state index contributed by atoms with van der Waals surface area (Å²) in [5.74, 6) is 0.424. The van der Waals surface area contributed by atoms with E-state index in [2.05, 4.69) is 0 Å². The van der Waals surface area contributed by atoms with Crippen LogP contribution in [0.3, 0.4) is 0 Å². The molecule has 0 spiro atoms. The molecule has 0 aliphatic carbocycles. The van der Waals surface area contributed by atoms with E-state index < -0.39 is 0 Å². The maximum atomic E-state index is 14.1. The fourth-order valence-corrected chi connectivity index (χ4v) is 2.42. The van der Waals surface area contributed by atoms with E-state index in [1.165, 1.54) is 6.07 Å². The largest absolute Gasteiger partial charge is 0.497 e. The molecule has 2 rings (SSSR count). The van der Waals surface area contributed by atoms with Crippen LogP contribution >= 0.6 is 11.6 Å². The summed E-state index contributed by atoms with van der Waals surface area (Å²) in [4.78, 5) is 1.94. The predicted molar refractivity (Wildman–Crippen MR) is 84.6 cm³/mol. The minimum Gasteiger partial charge on any atom is -0.497 e. The Labute approximate surface area is 129 Å². The van der Waals surface area contributed by atoms with E-state index in [1.54, 1.807) is 19.2 Å². The maximum absolute atomic E-state index is 14.1. The quantitative estimate of drug-likeness (QED) is 0.917. The first-order valence-corrected chi connectivity index (χ1v) is 6.96. The maximum Gasteiger partial charge on any atom is 0.130 e. The molecule has 0 saturated carbocycles. The van der Waals surface area contributed by atoms with Crippen molar-refractivity contribution in [3.8, 4) is 5.75 Å². The van der Waals surface area contributed by atoms with Crippen molar-refractivity contribution in [3.63, 3.8) is 0 Å². The highest BCUT2D eigenvalue weighted by Gasteiger charge is 2.19. The number of ether oxygens (including phenoxy) is 1. The second kappa shape index (κ2) is 6.78. The third-order valence-electron chi connectivity index (χ3n) is 3.49. The van der Waals surface area contributed by atoms with Crippen molar-refractivity contribution in [2.45, 2.75) is 6.04 Å². The van der Waals surface area contributed by atoms with E-state index in [0.717, 1.165) is 11.4 Å². The van der Waals surface area contributed by atoms with E-state index in [9.17, 15) is 4.39 Å². The van der Waals surface area contributed by atoms with Crippen LogP contribution in [0.4, 0.5) is 10.1 Å². The molecule has 0 heterocycles. The van der Waals surface area contributed by atoms with Crippen LogP contribution in [-0.2, 0) is 0 Å². The highest BCUT2D eigenvalue weighted by Crippen LogP contribution is 2.29. The Morgan fingerprint density at radius 3 is 2.43 bits per heavy atom. The fraction of sp³-hybridized carbons (Fsp3) is 0.250. The van der Waals surface area contributed by atoms with Crippen molar-refractivity contribution in [3.05, 3.63) is 58.9 Å². The summed E-state index contributed by atoms with van der Waals surface area (Å²) < 4.78 is 19.2. The summed E-state index contributed by atoms with van der Waals surface area (Å²) in [6.45, 7) is 0.293. The molecule has 0 bridgehead atoms. The Balaban J connectivity index is 2.30. The minimum atomic E-state index is -0.349. The molecule has 0 aromatic heterocycles. The number of halogens is 2. The smallest absolute Gasteiger partial charge is 0.130 e. The number of hydrogen-bond donors (Lipinski definition) is 1. The molecule has 1 atom stereocenters. The minimum absolute atomic E-state index is 0.268. The lowest BCUT2D eigenvalue weighted by atomic mass is 10.0. The van der Waals surface area contributed by atoms with Gasteiger partial charge in [0, 0.05) is 29.9 Å². The molecule has 3 nitrogen and oxygen atoms in total. The van der Waals surface area contributed by atoms with E-state index in [0.29, 0.717) is 17.1 Å². The first-order chi connectivity index (χ1) is 10.1. The molecule has 0 aliphatic rings. The van der Waals surface area contributed by atoms with Gasteiger partial charge in [0.1, 0.15) is 11.6 Å². The number of anilines is 1. The average Bonchev–Trinajstić information content (AvgIpc) is 2.50. The predicted octanol–water partition coefficient (Wildman–Crippen LogP) is 3.62. The second-order valence-electron chi connectivity index (χ2n) is 4.73. The summed E-state index contributed by atoms with van der Waals surface area (Å²) in [5, 5.41) is 0.374. The van der Waals surface area contributed by atoms with E-state index in [4.69, 9.17) is 22.1 Å². The Hall–Kier alpha value is -1.78. The van der Waals surface area contributed by atoms with Crippen molar-refractivity contribution in [1.82, 2.24) is 0 Å².